The molecule has 2 atom stereocenters. The highest BCUT2D eigenvalue weighted by molar-refractivity contribution is 8.15. The number of piperazine rings is 1. The van der Waals surface area contributed by atoms with E-state index in [1.165, 1.54) is 0 Å². The highest BCUT2D eigenvalue weighted by atomic mass is 32.2. The molecular formula is C14H16N4O6S2. The Hall–Kier alpha value is -2.08. The molecule has 6 amide bonds. The zero-order valence-corrected chi connectivity index (χ0v) is 15.2. The van der Waals surface area contributed by atoms with Crippen molar-refractivity contribution >= 4 is 57.6 Å². The maximum Gasteiger partial charge on any atom is 0.286 e. The van der Waals surface area contributed by atoms with Crippen LogP contribution in [-0.2, 0) is 19.2 Å². The van der Waals surface area contributed by atoms with Crippen LogP contribution in [0.2, 0.25) is 0 Å². The Morgan fingerprint density at radius 3 is 1.38 bits per heavy atom. The number of hydrogen-bond acceptors (Lipinski definition) is 8. The van der Waals surface area contributed by atoms with E-state index in [0.717, 1.165) is 23.5 Å². The van der Waals surface area contributed by atoms with E-state index in [1.807, 2.05) is 0 Å². The number of nitrogens with one attached hydrogen (secondary N) is 2. The van der Waals surface area contributed by atoms with Crippen LogP contribution in [0.3, 0.4) is 0 Å². The molecular weight excluding hydrogens is 384 g/mol. The van der Waals surface area contributed by atoms with Crippen LogP contribution in [0.4, 0.5) is 9.59 Å². The van der Waals surface area contributed by atoms with Crippen LogP contribution in [0, 0.1) is 0 Å². The van der Waals surface area contributed by atoms with Gasteiger partial charge in [0.15, 0.2) is 0 Å². The van der Waals surface area contributed by atoms with E-state index in [1.54, 1.807) is 9.80 Å². The molecule has 2 unspecified atom stereocenters. The fourth-order valence-electron chi connectivity index (χ4n) is 2.84. The second kappa shape index (κ2) is 7.66. The van der Waals surface area contributed by atoms with Crippen molar-refractivity contribution in [2.75, 3.05) is 26.2 Å². The number of carbonyl (C=O) groups excluding carboxylic acids is 6. The molecule has 12 heteroatoms. The van der Waals surface area contributed by atoms with Crippen molar-refractivity contribution in [3.05, 3.63) is 0 Å². The van der Waals surface area contributed by atoms with Crippen LogP contribution in [0.5, 0.6) is 0 Å². The third-order valence-electron chi connectivity index (χ3n) is 4.24. The SMILES string of the molecule is O=C1NC(=O)C(CC(=O)N2CCN(C(=O)CC3SC(=O)NC3=O)CC2)S1. The van der Waals surface area contributed by atoms with E-state index < -0.39 is 32.8 Å². The normalized spacial score (nSPS) is 26.2. The number of carbonyl (C=O) groups is 6. The van der Waals surface area contributed by atoms with E-state index in [9.17, 15) is 28.8 Å². The van der Waals surface area contributed by atoms with Crippen molar-refractivity contribution in [3.8, 4) is 0 Å². The molecule has 10 nitrogen and oxygen atoms in total. The lowest BCUT2D eigenvalue weighted by Crippen LogP contribution is -2.51. The second-order valence-electron chi connectivity index (χ2n) is 5.94. The summed E-state index contributed by atoms with van der Waals surface area (Å²) in [6.07, 6.45) is -0.117. The fraction of sp³-hybridized carbons (Fsp3) is 0.571. The van der Waals surface area contributed by atoms with Crippen molar-refractivity contribution in [2.45, 2.75) is 23.3 Å². The highest BCUT2D eigenvalue weighted by Gasteiger charge is 2.37. The summed E-state index contributed by atoms with van der Waals surface area (Å²) < 4.78 is 0. The van der Waals surface area contributed by atoms with Crippen molar-refractivity contribution in [2.24, 2.45) is 0 Å². The smallest absolute Gasteiger partial charge is 0.286 e. The molecule has 140 valence electrons. The van der Waals surface area contributed by atoms with Gasteiger partial charge in [-0.25, -0.2) is 0 Å². The van der Waals surface area contributed by atoms with Gasteiger partial charge < -0.3 is 9.80 Å². The molecule has 3 fully saturated rings. The van der Waals surface area contributed by atoms with Gasteiger partial charge in [0.25, 0.3) is 10.5 Å². The van der Waals surface area contributed by atoms with E-state index >= 15 is 0 Å². The van der Waals surface area contributed by atoms with Crippen LogP contribution in [0.1, 0.15) is 12.8 Å². The van der Waals surface area contributed by atoms with Gasteiger partial charge >= 0.3 is 0 Å². The average molecular weight is 400 g/mol. The van der Waals surface area contributed by atoms with Gasteiger partial charge in [0.1, 0.15) is 10.5 Å². The Morgan fingerprint density at radius 1 is 0.769 bits per heavy atom. The zero-order chi connectivity index (χ0) is 18.8. The molecule has 3 heterocycles. The first-order valence-electron chi connectivity index (χ1n) is 7.92. The van der Waals surface area contributed by atoms with Crippen molar-refractivity contribution in [3.63, 3.8) is 0 Å². The largest absolute Gasteiger partial charge is 0.339 e. The third kappa shape index (κ3) is 4.18. The first-order chi connectivity index (χ1) is 12.3. The third-order valence-corrected chi connectivity index (χ3v) is 6.20. The molecule has 26 heavy (non-hydrogen) atoms. The molecule has 0 aromatic heterocycles. The minimum Gasteiger partial charge on any atom is -0.339 e. The van der Waals surface area contributed by atoms with E-state index in [2.05, 4.69) is 10.6 Å². The first-order valence-corrected chi connectivity index (χ1v) is 9.68. The van der Waals surface area contributed by atoms with Gasteiger partial charge in [-0.15, -0.1) is 0 Å². The van der Waals surface area contributed by atoms with E-state index in [0.29, 0.717) is 26.2 Å². The molecule has 0 radical (unpaired) electrons. The number of hydrogen-bond donors (Lipinski definition) is 2. The molecule has 3 aliphatic heterocycles. The van der Waals surface area contributed by atoms with Crippen molar-refractivity contribution < 1.29 is 28.8 Å². The predicted octanol–water partition coefficient (Wildman–Crippen LogP) is -0.859. The number of amides is 6. The fourth-order valence-corrected chi connectivity index (χ4v) is 4.46. The summed E-state index contributed by atoms with van der Waals surface area (Å²) in [5.41, 5.74) is 0. The van der Waals surface area contributed by atoms with E-state index in [4.69, 9.17) is 0 Å². The molecule has 0 aromatic rings. The Balaban J connectivity index is 1.45. The second-order valence-corrected chi connectivity index (χ2v) is 8.29. The zero-order valence-electron chi connectivity index (χ0n) is 13.6. The van der Waals surface area contributed by atoms with Gasteiger partial charge in [0.2, 0.25) is 23.6 Å². The van der Waals surface area contributed by atoms with Gasteiger partial charge in [-0.2, -0.15) is 0 Å². The molecule has 0 aromatic carbocycles. The van der Waals surface area contributed by atoms with Gasteiger partial charge in [-0.3, -0.25) is 39.4 Å². The van der Waals surface area contributed by atoms with Crippen LogP contribution in [0.25, 0.3) is 0 Å². The molecule has 0 bridgehead atoms. The monoisotopic (exact) mass is 400 g/mol. The lowest BCUT2D eigenvalue weighted by Gasteiger charge is -2.35. The molecule has 0 aliphatic carbocycles. The van der Waals surface area contributed by atoms with E-state index in [-0.39, 0.29) is 24.7 Å². The summed E-state index contributed by atoms with van der Waals surface area (Å²) in [6.45, 7) is 1.28. The lowest BCUT2D eigenvalue weighted by atomic mass is 10.2. The summed E-state index contributed by atoms with van der Waals surface area (Å²) in [6, 6.07) is 0. The maximum absolute atomic E-state index is 12.3. The molecule has 0 spiro atoms. The van der Waals surface area contributed by atoms with Crippen LogP contribution in [0.15, 0.2) is 0 Å². The highest BCUT2D eigenvalue weighted by Crippen LogP contribution is 2.24. The summed E-state index contributed by atoms with van der Waals surface area (Å²) in [5.74, 6) is -1.39. The quantitative estimate of drug-likeness (QED) is 0.623. The number of rotatable bonds is 4. The van der Waals surface area contributed by atoms with Gasteiger partial charge in [-0.05, 0) is 0 Å². The average Bonchev–Trinajstić information content (AvgIpc) is 3.07. The van der Waals surface area contributed by atoms with Gasteiger partial charge in [0, 0.05) is 39.0 Å². The first kappa shape index (κ1) is 18.7. The Kier molecular flexibility index (Phi) is 5.51. The molecule has 2 N–H and O–H groups in total. The van der Waals surface area contributed by atoms with Crippen LogP contribution in [-0.4, -0.2) is 80.6 Å². The minimum absolute atomic E-state index is 0.0583. The maximum atomic E-state index is 12.3. The summed E-state index contributed by atoms with van der Waals surface area (Å²) >= 11 is 1.62. The summed E-state index contributed by atoms with van der Waals surface area (Å²) in [5, 5.41) is 1.98. The Bertz CT molecular complexity index is 633. The molecule has 3 saturated heterocycles. The standard InChI is InChI=1S/C14H16N4O6S2/c19-9(5-7-11(21)15-13(23)25-7)17-1-2-18(4-3-17)10(20)6-8-12(22)16-14(24)26-8/h7-8H,1-6H2,(H,15,21,23)(H,16,22,24). The van der Waals surface area contributed by atoms with Gasteiger partial charge in [-0.1, -0.05) is 23.5 Å². The number of thioether (sulfide) groups is 2. The molecule has 0 saturated carbocycles. The van der Waals surface area contributed by atoms with Gasteiger partial charge in [0.05, 0.1) is 0 Å². The number of nitrogens with zero attached hydrogens (tertiary/aromatic N) is 2. The van der Waals surface area contributed by atoms with Crippen molar-refractivity contribution in [1.82, 2.24) is 20.4 Å². The Labute approximate surface area is 156 Å². The summed E-state index contributed by atoms with van der Waals surface area (Å²) in [7, 11) is 0. The van der Waals surface area contributed by atoms with Crippen LogP contribution < -0.4 is 10.6 Å². The van der Waals surface area contributed by atoms with Crippen LogP contribution >= 0.6 is 23.5 Å². The predicted molar refractivity (Wildman–Crippen MR) is 92.2 cm³/mol. The summed E-state index contributed by atoms with van der Waals surface area (Å²) in [4.78, 5) is 73.0. The topological polar surface area (TPSA) is 133 Å². The molecule has 3 aliphatic rings. The number of imide groups is 2. The van der Waals surface area contributed by atoms with Crippen molar-refractivity contribution in [1.29, 1.82) is 0 Å². The minimum atomic E-state index is -0.704. The Morgan fingerprint density at radius 2 is 1.12 bits per heavy atom. The lowest BCUT2D eigenvalue weighted by molar-refractivity contribution is -0.140. The molecule has 3 rings (SSSR count).